The standard InChI is InChI=1S/C29H34BrN3O4S/c1-22(2)20-31-29(35)23(3)32(19-18-24-10-6-4-7-11-24)28(34)21-33(26-16-14-25(30)15-17-26)38(36,37)27-12-8-5-9-13-27/h4-17,22-23H,18-21H2,1-3H3,(H,31,35)/t23-/m1/s1. The number of hydrogen-bond acceptors (Lipinski definition) is 4. The minimum atomic E-state index is -4.06. The molecule has 0 saturated carbocycles. The van der Waals surface area contributed by atoms with E-state index in [0.717, 1.165) is 14.3 Å². The average Bonchev–Trinajstić information content (AvgIpc) is 2.92. The van der Waals surface area contributed by atoms with Crippen LogP contribution in [0.4, 0.5) is 5.69 Å². The van der Waals surface area contributed by atoms with Crippen molar-refractivity contribution >= 4 is 43.5 Å². The molecule has 202 valence electrons. The predicted molar refractivity (Wildman–Crippen MR) is 154 cm³/mol. The van der Waals surface area contributed by atoms with Crippen LogP contribution in [-0.2, 0) is 26.0 Å². The van der Waals surface area contributed by atoms with Crippen LogP contribution >= 0.6 is 15.9 Å². The zero-order chi connectivity index (χ0) is 27.7. The van der Waals surface area contributed by atoms with E-state index in [1.54, 1.807) is 49.4 Å². The lowest BCUT2D eigenvalue weighted by Gasteiger charge is -2.32. The van der Waals surface area contributed by atoms with Crippen molar-refractivity contribution in [1.29, 1.82) is 0 Å². The summed E-state index contributed by atoms with van der Waals surface area (Å²) in [6.45, 7) is 5.96. The highest BCUT2D eigenvalue weighted by Gasteiger charge is 2.32. The molecule has 38 heavy (non-hydrogen) atoms. The number of nitrogens with zero attached hydrogens (tertiary/aromatic N) is 2. The number of hydrogen-bond donors (Lipinski definition) is 1. The predicted octanol–water partition coefficient (Wildman–Crippen LogP) is 4.88. The number of halogens is 1. The van der Waals surface area contributed by atoms with Crippen LogP contribution in [0.15, 0.2) is 94.3 Å². The van der Waals surface area contributed by atoms with Crippen LogP contribution in [0.2, 0.25) is 0 Å². The van der Waals surface area contributed by atoms with Crippen LogP contribution < -0.4 is 9.62 Å². The van der Waals surface area contributed by atoms with Gasteiger partial charge in [0, 0.05) is 17.6 Å². The third kappa shape index (κ3) is 7.91. The van der Waals surface area contributed by atoms with Crippen LogP contribution in [0, 0.1) is 5.92 Å². The molecule has 1 N–H and O–H groups in total. The number of carbonyl (C=O) groups excluding carboxylic acids is 2. The molecule has 0 saturated heterocycles. The molecule has 0 spiro atoms. The van der Waals surface area contributed by atoms with Gasteiger partial charge in [-0.15, -0.1) is 0 Å². The van der Waals surface area contributed by atoms with Crippen LogP contribution in [0.5, 0.6) is 0 Å². The number of rotatable bonds is 12. The van der Waals surface area contributed by atoms with Gasteiger partial charge in [0.05, 0.1) is 10.6 Å². The van der Waals surface area contributed by atoms with Crippen molar-refractivity contribution in [3.63, 3.8) is 0 Å². The number of carbonyl (C=O) groups is 2. The quantitative estimate of drug-likeness (QED) is 0.321. The van der Waals surface area contributed by atoms with E-state index in [9.17, 15) is 18.0 Å². The van der Waals surface area contributed by atoms with Gasteiger partial charge in [0.25, 0.3) is 10.0 Å². The lowest BCUT2D eigenvalue weighted by Crippen LogP contribution is -2.52. The van der Waals surface area contributed by atoms with E-state index in [0.29, 0.717) is 18.7 Å². The number of anilines is 1. The summed E-state index contributed by atoms with van der Waals surface area (Å²) < 4.78 is 29.3. The van der Waals surface area contributed by atoms with Gasteiger partial charge in [-0.3, -0.25) is 13.9 Å². The zero-order valence-corrected chi connectivity index (χ0v) is 24.3. The van der Waals surface area contributed by atoms with Gasteiger partial charge in [-0.1, -0.05) is 78.3 Å². The number of sulfonamides is 1. The molecule has 7 nitrogen and oxygen atoms in total. The van der Waals surface area contributed by atoms with Crippen molar-refractivity contribution in [2.45, 2.75) is 38.1 Å². The van der Waals surface area contributed by atoms with Crippen molar-refractivity contribution in [3.8, 4) is 0 Å². The van der Waals surface area contributed by atoms with Crippen LogP contribution in [-0.4, -0.2) is 50.8 Å². The molecule has 3 rings (SSSR count). The van der Waals surface area contributed by atoms with Crippen molar-refractivity contribution in [3.05, 3.63) is 95.0 Å². The van der Waals surface area contributed by atoms with Crippen molar-refractivity contribution in [2.75, 3.05) is 23.9 Å². The Hall–Kier alpha value is -3.17. The molecule has 0 aliphatic heterocycles. The average molecular weight is 601 g/mol. The van der Waals surface area contributed by atoms with Gasteiger partial charge < -0.3 is 10.2 Å². The van der Waals surface area contributed by atoms with Crippen molar-refractivity contribution in [1.82, 2.24) is 10.2 Å². The molecule has 0 aliphatic carbocycles. The summed E-state index contributed by atoms with van der Waals surface area (Å²) >= 11 is 3.38. The van der Waals surface area contributed by atoms with Gasteiger partial charge >= 0.3 is 0 Å². The second kappa shape index (κ2) is 13.6. The maximum absolute atomic E-state index is 13.8. The molecular formula is C29H34BrN3O4S. The topological polar surface area (TPSA) is 86.8 Å². The first-order valence-corrected chi connectivity index (χ1v) is 14.8. The van der Waals surface area contributed by atoms with E-state index in [1.165, 1.54) is 17.0 Å². The first kappa shape index (κ1) is 29.4. The second-order valence-corrected chi connectivity index (χ2v) is 12.2. The molecule has 3 aromatic rings. The Bertz CT molecular complexity index is 1300. The summed E-state index contributed by atoms with van der Waals surface area (Å²) in [6, 6.07) is 23.6. The molecule has 3 aromatic carbocycles. The minimum Gasteiger partial charge on any atom is -0.354 e. The molecule has 0 radical (unpaired) electrons. The lowest BCUT2D eigenvalue weighted by atomic mass is 10.1. The molecule has 1 atom stereocenters. The van der Waals surface area contributed by atoms with E-state index in [1.807, 2.05) is 44.2 Å². The van der Waals surface area contributed by atoms with Crippen LogP contribution in [0.3, 0.4) is 0 Å². The summed E-state index contributed by atoms with van der Waals surface area (Å²) in [4.78, 5) is 28.3. The fourth-order valence-electron chi connectivity index (χ4n) is 3.88. The molecular weight excluding hydrogens is 566 g/mol. The van der Waals surface area contributed by atoms with Crippen LogP contribution in [0.1, 0.15) is 26.3 Å². The molecule has 2 amide bonds. The Morgan fingerprint density at radius 2 is 1.45 bits per heavy atom. The van der Waals surface area contributed by atoms with E-state index >= 15 is 0 Å². The number of amides is 2. The highest BCUT2D eigenvalue weighted by molar-refractivity contribution is 9.10. The summed E-state index contributed by atoms with van der Waals surface area (Å²) in [5.41, 5.74) is 1.37. The first-order valence-electron chi connectivity index (χ1n) is 12.5. The summed E-state index contributed by atoms with van der Waals surface area (Å²) in [5.74, 6) is -0.486. The highest BCUT2D eigenvalue weighted by Crippen LogP contribution is 2.26. The fourth-order valence-corrected chi connectivity index (χ4v) is 5.58. The highest BCUT2D eigenvalue weighted by atomic mass is 79.9. The number of nitrogens with one attached hydrogen (secondary N) is 1. The van der Waals surface area contributed by atoms with E-state index < -0.39 is 28.5 Å². The van der Waals surface area contributed by atoms with Crippen LogP contribution in [0.25, 0.3) is 0 Å². The molecule has 0 bridgehead atoms. The van der Waals surface area contributed by atoms with E-state index in [4.69, 9.17) is 0 Å². The van der Waals surface area contributed by atoms with Gasteiger partial charge in [0.15, 0.2) is 0 Å². The Kier molecular flexibility index (Phi) is 10.5. The minimum absolute atomic E-state index is 0.0780. The third-order valence-corrected chi connectivity index (χ3v) is 8.38. The Morgan fingerprint density at radius 3 is 2.03 bits per heavy atom. The molecule has 0 fully saturated rings. The van der Waals surface area contributed by atoms with Gasteiger partial charge in [0.1, 0.15) is 12.6 Å². The summed E-state index contributed by atoms with van der Waals surface area (Å²) in [6.07, 6.45) is 0.526. The Labute approximate surface area is 234 Å². The monoisotopic (exact) mass is 599 g/mol. The van der Waals surface area contributed by atoms with E-state index in [2.05, 4.69) is 21.2 Å². The largest absolute Gasteiger partial charge is 0.354 e. The smallest absolute Gasteiger partial charge is 0.264 e. The van der Waals surface area contributed by atoms with Gasteiger partial charge in [-0.2, -0.15) is 0 Å². The van der Waals surface area contributed by atoms with Crippen molar-refractivity contribution < 1.29 is 18.0 Å². The third-order valence-electron chi connectivity index (χ3n) is 6.06. The van der Waals surface area contributed by atoms with Gasteiger partial charge in [-0.25, -0.2) is 8.42 Å². The molecule has 9 heteroatoms. The molecule has 0 aromatic heterocycles. The maximum Gasteiger partial charge on any atom is 0.264 e. The second-order valence-electron chi connectivity index (χ2n) is 9.44. The Balaban J connectivity index is 1.94. The van der Waals surface area contributed by atoms with Gasteiger partial charge in [0.2, 0.25) is 11.8 Å². The molecule has 0 unspecified atom stereocenters. The lowest BCUT2D eigenvalue weighted by molar-refractivity contribution is -0.138. The SMILES string of the molecule is CC(C)CNC(=O)[C@@H](C)N(CCc1ccccc1)C(=O)CN(c1ccc(Br)cc1)S(=O)(=O)c1ccccc1. The molecule has 0 aliphatic rings. The summed E-state index contributed by atoms with van der Waals surface area (Å²) in [5, 5.41) is 2.89. The van der Waals surface area contributed by atoms with Crippen molar-refractivity contribution in [2.24, 2.45) is 5.92 Å². The Morgan fingerprint density at radius 1 is 0.868 bits per heavy atom. The maximum atomic E-state index is 13.8. The van der Waals surface area contributed by atoms with E-state index in [-0.39, 0.29) is 23.3 Å². The molecule has 0 heterocycles. The zero-order valence-electron chi connectivity index (χ0n) is 21.9. The van der Waals surface area contributed by atoms with Gasteiger partial charge in [-0.05, 0) is 61.2 Å². The fraction of sp³-hybridized carbons (Fsp3) is 0.310. The normalized spacial score (nSPS) is 12.1. The summed E-state index contributed by atoms with van der Waals surface area (Å²) in [7, 11) is -4.06. The first-order chi connectivity index (χ1) is 18.1. The number of benzene rings is 3.